The number of hydrogen-bond donors (Lipinski definition) is 1. The van der Waals surface area contributed by atoms with E-state index in [1.54, 1.807) is 20.4 Å². The third kappa shape index (κ3) is 3.02. The molecule has 0 aliphatic rings. The van der Waals surface area contributed by atoms with E-state index in [0.29, 0.717) is 0 Å². The summed E-state index contributed by atoms with van der Waals surface area (Å²) in [5.41, 5.74) is 3.27. The first-order valence-corrected chi connectivity index (χ1v) is 6.54. The summed E-state index contributed by atoms with van der Waals surface area (Å²) >= 11 is 0. The van der Waals surface area contributed by atoms with Gasteiger partial charge in [-0.2, -0.15) is 0 Å². The molecule has 1 heterocycles. The van der Waals surface area contributed by atoms with E-state index in [2.05, 4.69) is 24.1 Å². The monoisotopic (exact) mass is 272 g/mol. The zero-order valence-electron chi connectivity index (χ0n) is 12.3. The minimum absolute atomic E-state index is 0.110. The van der Waals surface area contributed by atoms with Gasteiger partial charge in [-0.15, -0.1) is 0 Å². The summed E-state index contributed by atoms with van der Waals surface area (Å²) in [5.74, 6) is 1.60. The molecule has 4 heteroatoms. The van der Waals surface area contributed by atoms with E-state index in [1.807, 2.05) is 30.5 Å². The van der Waals surface area contributed by atoms with Crippen LogP contribution < -0.4 is 14.8 Å². The van der Waals surface area contributed by atoms with E-state index in [-0.39, 0.29) is 6.04 Å². The molecule has 20 heavy (non-hydrogen) atoms. The molecule has 2 aromatic rings. The average Bonchev–Trinajstić information content (AvgIpc) is 2.48. The van der Waals surface area contributed by atoms with Crippen LogP contribution in [0.5, 0.6) is 11.5 Å². The molecule has 1 aromatic heterocycles. The molecule has 1 aromatic carbocycles. The predicted molar refractivity (Wildman–Crippen MR) is 80.6 cm³/mol. The zero-order chi connectivity index (χ0) is 14.5. The maximum absolute atomic E-state index is 5.44. The van der Waals surface area contributed by atoms with E-state index in [4.69, 9.17) is 9.47 Å². The van der Waals surface area contributed by atoms with Gasteiger partial charge in [0.15, 0.2) is 0 Å². The Morgan fingerprint density at radius 3 is 2.60 bits per heavy atom. The molecule has 1 atom stereocenters. The second kappa shape index (κ2) is 6.28. The van der Waals surface area contributed by atoms with Gasteiger partial charge in [0.2, 0.25) is 0 Å². The van der Waals surface area contributed by atoms with Crippen LogP contribution in [-0.2, 0) is 0 Å². The quantitative estimate of drug-likeness (QED) is 0.903. The van der Waals surface area contributed by atoms with Crippen molar-refractivity contribution in [2.24, 2.45) is 0 Å². The van der Waals surface area contributed by atoms with Gasteiger partial charge in [0.25, 0.3) is 0 Å². The number of aryl methyl sites for hydroxylation is 1. The van der Waals surface area contributed by atoms with E-state index in [9.17, 15) is 0 Å². The van der Waals surface area contributed by atoms with Gasteiger partial charge in [0.05, 0.1) is 32.1 Å². The van der Waals surface area contributed by atoms with Crippen molar-refractivity contribution in [3.63, 3.8) is 0 Å². The number of hydrogen-bond acceptors (Lipinski definition) is 4. The summed E-state index contributed by atoms with van der Waals surface area (Å²) < 4.78 is 10.7. The van der Waals surface area contributed by atoms with Gasteiger partial charge < -0.3 is 14.8 Å². The molecule has 1 N–H and O–H groups in total. The number of pyridine rings is 1. The first-order valence-electron chi connectivity index (χ1n) is 6.54. The molecule has 0 aliphatic carbocycles. The second-order valence-electron chi connectivity index (χ2n) is 4.66. The molecule has 0 bridgehead atoms. The van der Waals surface area contributed by atoms with Gasteiger partial charge in [0, 0.05) is 17.8 Å². The van der Waals surface area contributed by atoms with Gasteiger partial charge in [-0.05, 0) is 37.6 Å². The molecular formula is C16H20N2O2. The number of nitrogens with zero attached hydrogens (tertiary/aromatic N) is 1. The molecule has 0 radical (unpaired) electrons. The highest BCUT2D eigenvalue weighted by atomic mass is 16.5. The minimum Gasteiger partial charge on any atom is -0.497 e. The summed E-state index contributed by atoms with van der Waals surface area (Å²) in [6.45, 7) is 4.15. The molecule has 0 aliphatic heterocycles. The van der Waals surface area contributed by atoms with Crippen molar-refractivity contribution in [2.45, 2.75) is 19.9 Å². The molecule has 0 saturated heterocycles. The summed E-state index contributed by atoms with van der Waals surface area (Å²) in [5, 5.41) is 3.46. The number of methoxy groups -OCH3 is 2. The van der Waals surface area contributed by atoms with Gasteiger partial charge in [-0.25, -0.2) is 0 Å². The predicted octanol–water partition coefficient (Wildman–Crippen LogP) is 3.58. The Bertz CT molecular complexity index is 584. The fraction of sp³-hybridized carbons (Fsp3) is 0.312. The number of anilines is 1. The summed E-state index contributed by atoms with van der Waals surface area (Å²) in [7, 11) is 3.31. The summed E-state index contributed by atoms with van der Waals surface area (Å²) in [4.78, 5) is 4.15. The van der Waals surface area contributed by atoms with Crippen molar-refractivity contribution in [3.8, 4) is 11.5 Å². The third-order valence-corrected chi connectivity index (χ3v) is 3.32. The first-order chi connectivity index (χ1) is 9.65. The number of nitrogens with one attached hydrogen (secondary N) is 1. The molecule has 1 unspecified atom stereocenters. The summed E-state index contributed by atoms with van der Waals surface area (Å²) in [6.07, 6.45) is 3.63. The second-order valence-corrected chi connectivity index (χ2v) is 4.66. The van der Waals surface area contributed by atoms with Crippen LogP contribution in [0.25, 0.3) is 0 Å². The Hall–Kier alpha value is -2.23. The highest BCUT2D eigenvalue weighted by molar-refractivity contribution is 5.52. The van der Waals surface area contributed by atoms with Crippen LogP contribution in [0.15, 0.2) is 36.7 Å². The first kappa shape index (κ1) is 14.2. The zero-order valence-corrected chi connectivity index (χ0v) is 12.3. The highest BCUT2D eigenvalue weighted by Crippen LogP contribution is 2.31. The van der Waals surface area contributed by atoms with Crippen molar-refractivity contribution in [1.29, 1.82) is 0 Å². The van der Waals surface area contributed by atoms with Crippen molar-refractivity contribution in [2.75, 3.05) is 19.5 Å². The summed E-state index contributed by atoms with van der Waals surface area (Å²) in [6, 6.07) is 7.94. The number of rotatable bonds is 5. The van der Waals surface area contributed by atoms with Crippen LogP contribution in [0.4, 0.5) is 5.69 Å². The minimum atomic E-state index is 0.110. The Labute approximate surface area is 119 Å². The van der Waals surface area contributed by atoms with Crippen molar-refractivity contribution < 1.29 is 9.47 Å². The Kier molecular flexibility index (Phi) is 4.45. The molecule has 4 nitrogen and oxygen atoms in total. The smallest absolute Gasteiger partial charge is 0.127 e. The normalized spacial score (nSPS) is 11.8. The van der Waals surface area contributed by atoms with Crippen molar-refractivity contribution in [3.05, 3.63) is 47.8 Å². The van der Waals surface area contributed by atoms with Gasteiger partial charge in [0.1, 0.15) is 11.5 Å². The molecule has 0 amide bonds. The molecule has 106 valence electrons. The van der Waals surface area contributed by atoms with E-state index in [0.717, 1.165) is 22.7 Å². The number of benzene rings is 1. The van der Waals surface area contributed by atoms with Gasteiger partial charge >= 0.3 is 0 Å². The van der Waals surface area contributed by atoms with Crippen LogP contribution in [0.3, 0.4) is 0 Å². The lowest BCUT2D eigenvalue weighted by atomic mass is 10.1. The molecule has 0 spiro atoms. The largest absolute Gasteiger partial charge is 0.497 e. The maximum Gasteiger partial charge on any atom is 0.127 e. The van der Waals surface area contributed by atoms with Crippen LogP contribution in [0, 0.1) is 6.92 Å². The molecular weight excluding hydrogens is 252 g/mol. The SMILES string of the molecule is COc1ccc(C(C)Nc2cnccc2C)c(OC)c1. The molecule has 2 rings (SSSR count). The Morgan fingerprint density at radius 2 is 1.95 bits per heavy atom. The lowest BCUT2D eigenvalue weighted by Crippen LogP contribution is -2.09. The van der Waals surface area contributed by atoms with E-state index < -0.39 is 0 Å². The van der Waals surface area contributed by atoms with E-state index >= 15 is 0 Å². The van der Waals surface area contributed by atoms with Crippen LogP contribution >= 0.6 is 0 Å². The fourth-order valence-corrected chi connectivity index (χ4v) is 2.10. The fourth-order valence-electron chi connectivity index (χ4n) is 2.10. The van der Waals surface area contributed by atoms with Crippen molar-refractivity contribution >= 4 is 5.69 Å². The average molecular weight is 272 g/mol. The number of ether oxygens (including phenoxy) is 2. The maximum atomic E-state index is 5.44. The third-order valence-electron chi connectivity index (χ3n) is 3.32. The van der Waals surface area contributed by atoms with Gasteiger partial charge in [-0.3, -0.25) is 4.98 Å². The van der Waals surface area contributed by atoms with Gasteiger partial charge in [-0.1, -0.05) is 0 Å². The Morgan fingerprint density at radius 1 is 1.15 bits per heavy atom. The number of aromatic nitrogens is 1. The topological polar surface area (TPSA) is 43.4 Å². The molecule has 0 saturated carbocycles. The van der Waals surface area contributed by atoms with Crippen LogP contribution in [-0.4, -0.2) is 19.2 Å². The lowest BCUT2D eigenvalue weighted by molar-refractivity contribution is 0.390. The van der Waals surface area contributed by atoms with Crippen LogP contribution in [0.1, 0.15) is 24.1 Å². The highest BCUT2D eigenvalue weighted by Gasteiger charge is 2.13. The van der Waals surface area contributed by atoms with Crippen molar-refractivity contribution in [1.82, 2.24) is 4.98 Å². The lowest BCUT2D eigenvalue weighted by Gasteiger charge is -2.19. The van der Waals surface area contributed by atoms with E-state index in [1.165, 1.54) is 5.56 Å². The van der Waals surface area contributed by atoms with Crippen LogP contribution in [0.2, 0.25) is 0 Å². The Balaban J connectivity index is 2.25. The standard InChI is InChI=1S/C16H20N2O2/c1-11-7-8-17-10-15(11)18-12(2)14-6-5-13(19-3)9-16(14)20-4/h5-10,12,18H,1-4H3. The molecule has 0 fully saturated rings.